The van der Waals surface area contributed by atoms with Gasteiger partial charge in [0.05, 0.1) is 11.6 Å². The molecule has 0 unspecified atom stereocenters. The predicted molar refractivity (Wildman–Crippen MR) is 110 cm³/mol. The van der Waals surface area contributed by atoms with Crippen LogP contribution in [-0.4, -0.2) is 15.9 Å². The van der Waals surface area contributed by atoms with E-state index in [1.54, 1.807) is 31.2 Å². The molecule has 0 saturated heterocycles. The number of aromatic nitrogens is 2. The van der Waals surface area contributed by atoms with Gasteiger partial charge in [-0.25, -0.2) is 9.97 Å². The van der Waals surface area contributed by atoms with Gasteiger partial charge in [0.1, 0.15) is 17.3 Å². The lowest BCUT2D eigenvalue weighted by molar-refractivity contribution is 0.102. The van der Waals surface area contributed by atoms with Crippen LogP contribution in [0.3, 0.4) is 0 Å². The number of carbonyl (C=O) groups excluding carboxylic acids is 1. The van der Waals surface area contributed by atoms with Gasteiger partial charge in [0.15, 0.2) is 0 Å². The molecule has 140 valence electrons. The first-order valence-corrected chi connectivity index (χ1v) is 9.03. The van der Waals surface area contributed by atoms with E-state index >= 15 is 0 Å². The highest BCUT2D eigenvalue weighted by Gasteiger charge is 2.14. The molecule has 3 aromatic rings. The van der Waals surface area contributed by atoms with Crippen molar-refractivity contribution in [3.63, 3.8) is 0 Å². The third-order valence-electron chi connectivity index (χ3n) is 4.31. The molecule has 1 aromatic heterocycles. The highest BCUT2D eigenvalue weighted by Crippen LogP contribution is 2.22. The van der Waals surface area contributed by atoms with E-state index in [1.807, 2.05) is 31.2 Å². The summed E-state index contributed by atoms with van der Waals surface area (Å²) in [5.41, 5.74) is 4.44. The van der Waals surface area contributed by atoms with E-state index < -0.39 is 0 Å². The Morgan fingerprint density at radius 2 is 1.89 bits per heavy atom. The second-order valence-electron chi connectivity index (χ2n) is 6.42. The fourth-order valence-corrected chi connectivity index (χ4v) is 2.94. The van der Waals surface area contributed by atoms with Crippen LogP contribution >= 0.6 is 0 Å². The van der Waals surface area contributed by atoms with Gasteiger partial charge in [0, 0.05) is 17.4 Å². The summed E-state index contributed by atoms with van der Waals surface area (Å²) in [5.74, 6) is 0.684. The van der Waals surface area contributed by atoms with Crippen LogP contribution in [0.2, 0.25) is 0 Å². The first-order chi connectivity index (χ1) is 13.5. The third kappa shape index (κ3) is 4.33. The molecule has 2 N–H and O–H groups in total. The number of nitrogens with one attached hydrogen (secondary N) is 2. The van der Waals surface area contributed by atoms with E-state index in [-0.39, 0.29) is 11.6 Å². The van der Waals surface area contributed by atoms with Gasteiger partial charge in [-0.1, -0.05) is 31.2 Å². The average Bonchev–Trinajstić information content (AvgIpc) is 2.69. The molecule has 1 heterocycles. The molecule has 0 spiro atoms. The van der Waals surface area contributed by atoms with Crippen molar-refractivity contribution in [2.24, 2.45) is 0 Å². The SMILES string of the molecule is CCc1cccc(C)c1NC(=O)c1cc(Nc2cccc(C#N)c2)nc(C)n1. The summed E-state index contributed by atoms with van der Waals surface area (Å²) < 4.78 is 0. The minimum atomic E-state index is -0.289. The summed E-state index contributed by atoms with van der Waals surface area (Å²) in [6, 6.07) is 16.7. The summed E-state index contributed by atoms with van der Waals surface area (Å²) >= 11 is 0. The van der Waals surface area contributed by atoms with Crippen LogP contribution in [0.25, 0.3) is 0 Å². The van der Waals surface area contributed by atoms with Gasteiger partial charge < -0.3 is 10.6 Å². The molecule has 1 amide bonds. The van der Waals surface area contributed by atoms with Gasteiger partial charge in [-0.2, -0.15) is 5.26 Å². The molecule has 0 radical (unpaired) electrons. The number of carbonyl (C=O) groups is 1. The summed E-state index contributed by atoms with van der Waals surface area (Å²) in [6.45, 7) is 5.75. The molecule has 0 bridgehead atoms. The van der Waals surface area contributed by atoms with E-state index in [2.05, 4.69) is 33.6 Å². The number of anilines is 3. The minimum Gasteiger partial charge on any atom is -0.340 e. The topological polar surface area (TPSA) is 90.7 Å². The highest BCUT2D eigenvalue weighted by atomic mass is 16.1. The van der Waals surface area contributed by atoms with E-state index in [0.717, 1.165) is 28.9 Å². The van der Waals surface area contributed by atoms with Crippen molar-refractivity contribution >= 4 is 23.1 Å². The molecule has 0 fully saturated rings. The zero-order valence-corrected chi connectivity index (χ0v) is 16.1. The van der Waals surface area contributed by atoms with E-state index in [4.69, 9.17) is 5.26 Å². The van der Waals surface area contributed by atoms with Crippen molar-refractivity contribution in [3.05, 3.63) is 76.7 Å². The Kier molecular flexibility index (Phi) is 5.66. The Morgan fingerprint density at radius 1 is 1.11 bits per heavy atom. The summed E-state index contributed by atoms with van der Waals surface area (Å²) in [7, 11) is 0. The van der Waals surface area contributed by atoms with Crippen LogP contribution in [0, 0.1) is 25.2 Å². The Labute approximate surface area is 164 Å². The molecule has 0 saturated carbocycles. The molecule has 0 aliphatic rings. The summed E-state index contributed by atoms with van der Waals surface area (Å²) in [4.78, 5) is 21.4. The number of rotatable bonds is 5. The maximum absolute atomic E-state index is 12.8. The number of hydrogen-bond donors (Lipinski definition) is 2. The van der Waals surface area contributed by atoms with Crippen molar-refractivity contribution in [2.45, 2.75) is 27.2 Å². The molecule has 3 rings (SSSR count). The standard InChI is InChI=1S/C22H21N5O/c1-4-17-9-5-7-14(2)21(17)27-22(28)19-12-20(25-15(3)24-19)26-18-10-6-8-16(11-18)13-23/h5-12H,4H2,1-3H3,(H,27,28)(H,24,25,26). The zero-order valence-electron chi connectivity index (χ0n) is 16.1. The number of para-hydroxylation sites is 1. The Morgan fingerprint density at radius 3 is 2.64 bits per heavy atom. The fraction of sp³-hybridized carbons (Fsp3) is 0.182. The molecule has 0 aliphatic heterocycles. The maximum Gasteiger partial charge on any atom is 0.274 e. The maximum atomic E-state index is 12.8. The number of aryl methyl sites for hydroxylation is 3. The van der Waals surface area contributed by atoms with Gasteiger partial charge in [-0.05, 0) is 49.6 Å². The van der Waals surface area contributed by atoms with E-state index in [9.17, 15) is 4.79 Å². The van der Waals surface area contributed by atoms with E-state index in [1.165, 1.54) is 0 Å². The smallest absolute Gasteiger partial charge is 0.274 e. The fourth-order valence-electron chi connectivity index (χ4n) is 2.94. The normalized spacial score (nSPS) is 10.2. The number of nitriles is 1. The van der Waals surface area contributed by atoms with Crippen LogP contribution < -0.4 is 10.6 Å². The molecule has 2 aromatic carbocycles. The van der Waals surface area contributed by atoms with Gasteiger partial charge in [0.25, 0.3) is 5.91 Å². The quantitative estimate of drug-likeness (QED) is 0.688. The lowest BCUT2D eigenvalue weighted by Gasteiger charge is -2.13. The van der Waals surface area contributed by atoms with Crippen LogP contribution in [-0.2, 0) is 6.42 Å². The van der Waals surface area contributed by atoms with Crippen molar-refractivity contribution in [1.82, 2.24) is 9.97 Å². The summed E-state index contributed by atoms with van der Waals surface area (Å²) in [6.07, 6.45) is 0.822. The molecule has 28 heavy (non-hydrogen) atoms. The molecule has 0 atom stereocenters. The van der Waals surface area contributed by atoms with Gasteiger partial charge in [-0.3, -0.25) is 4.79 Å². The number of hydrogen-bond acceptors (Lipinski definition) is 5. The number of benzene rings is 2. The second kappa shape index (κ2) is 8.31. The van der Waals surface area contributed by atoms with Crippen LogP contribution in [0.4, 0.5) is 17.2 Å². The molecular weight excluding hydrogens is 350 g/mol. The monoisotopic (exact) mass is 371 g/mol. The van der Waals surface area contributed by atoms with Crippen LogP contribution in [0.5, 0.6) is 0 Å². The van der Waals surface area contributed by atoms with Crippen molar-refractivity contribution in [3.8, 4) is 6.07 Å². The number of nitrogens with zero attached hydrogens (tertiary/aromatic N) is 3. The first-order valence-electron chi connectivity index (χ1n) is 9.03. The van der Waals surface area contributed by atoms with Crippen molar-refractivity contribution in [2.75, 3.05) is 10.6 Å². The van der Waals surface area contributed by atoms with Crippen molar-refractivity contribution < 1.29 is 4.79 Å². The lowest BCUT2D eigenvalue weighted by atomic mass is 10.1. The average molecular weight is 371 g/mol. The molecular formula is C22H21N5O. The Hall–Kier alpha value is -3.72. The predicted octanol–water partition coefficient (Wildman–Crippen LogP) is 4.52. The van der Waals surface area contributed by atoms with Crippen LogP contribution in [0.1, 0.15) is 39.9 Å². The highest BCUT2D eigenvalue weighted by molar-refractivity contribution is 6.04. The molecule has 6 nitrogen and oxygen atoms in total. The Bertz CT molecular complexity index is 1070. The van der Waals surface area contributed by atoms with Gasteiger partial charge in [0.2, 0.25) is 0 Å². The largest absolute Gasteiger partial charge is 0.340 e. The minimum absolute atomic E-state index is 0.275. The molecule has 6 heteroatoms. The van der Waals surface area contributed by atoms with Crippen molar-refractivity contribution in [1.29, 1.82) is 5.26 Å². The Balaban J connectivity index is 1.87. The molecule has 0 aliphatic carbocycles. The summed E-state index contributed by atoms with van der Waals surface area (Å²) in [5, 5.41) is 15.2. The second-order valence-corrected chi connectivity index (χ2v) is 6.42. The lowest BCUT2D eigenvalue weighted by Crippen LogP contribution is -2.17. The van der Waals surface area contributed by atoms with Gasteiger partial charge >= 0.3 is 0 Å². The van der Waals surface area contributed by atoms with E-state index in [0.29, 0.717) is 17.2 Å². The zero-order chi connectivity index (χ0) is 20.1. The number of amides is 1. The third-order valence-corrected chi connectivity index (χ3v) is 4.31. The first kappa shape index (κ1) is 19.1. The van der Waals surface area contributed by atoms with Crippen LogP contribution in [0.15, 0.2) is 48.5 Å². The van der Waals surface area contributed by atoms with Gasteiger partial charge in [-0.15, -0.1) is 0 Å².